The van der Waals surface area contributed by atoms with Gasteiger partial charge in [-0.1, -0.05) is 6.07 Å². The van der Waals surface area contributed by atoms with Gasteiger partial charge in [0.2, 0.25) is 10.0 Å². The molecule has 0 saturated carbocycles. The molecule has 0 bridgehead atoms. The van der Waals surface area contributed by atoms with Crippen LogP contribution in [0.1, 0.15) is 16.5 Å². The van der Waals surface area contributed by atoms with Gasteiger partial charge in [-0.25, -0.2) is 13.2 Å². The van der Waals surface area contributed by atoms with Crippen molar-refractivity contribution < 1.29 is 12.8 Å². The Balaban J connectivity index is 1.59. The van der Waals surface area contributed by atoms with Gasteiger partial charge in [-0.2, -0.15) is 16.1 Å². The molecule has 132 valence electrons. The fourth-order valence-corrected chi connectivity index (χ4v) is 6.77. The van der Waals surface area contributed by atoms with Crippen LogP contribution >= 0.6 is 23.1 Å². The van der Waals surface area contributed by atoms with E-state index in [0.717, 1.165) is 12.2 Å². The molecular formula is C16H16N2O4S3. The number of H-pyrrole nitrogens is 1. The third kappa shape index (κ3) is 3.29. The van der Waals surface area contributed by atoms with Gasteiger partial charge in [0.1, 0.15) is 0 Å². The van der Waals surface area contributed by atoms with E-state index in [1.165, 1.54) is 27.4 Å². The molecule has 4 rings (SSSR count). The second-order valence-electron chi connectivity index (χ2n) is 5.74. The molecule has 1 aliphatic rings. The first-order chi connectivity index (χ1) is 12.0. The van der Waals surface area contributed by atoms with Gasteiger partial charge in [0.25, 0.3) is 0 Å². The highest BCUT2D eigenvalue weighted by molar-refractivity contribution is 7.99. The van der Waals surface area contributed by atoms with Crippen LogP contribution in [0.4, 0.5) is 0 Å². The molecule has 3 aromatic rings. The molecule has 0 amide bonds. The highest BCUT2D eigenvalue weighted by atomic mass is 32.2. The van der Waals surface area contributed by atoms with Gasteiger partial charge in [0.05, 0.1) is 10.4 Å². The Labute approximate surface area is 152 Å². The van der Waals surface area contributed by atoms with E-state index in [0.29, 0.717) is 29.4 Å². The minimum atomic E-state index is -3.60. The maximum absolute atomic E-state index is 13.0. The van der Waals surface area contributed by atoms with Crippen molar-refractivity contribution in [2.75, 3.05) is 18.8 Å². The lowest BCUT2D eigenvalue weighted by Gasteiger charge is -2.19. The third-order valence-corrected chi connectivity index (χ3v) is 8.53. The van der Waals surface area contributed by atoms with Crippen LogP contribution in [-0.4, -0.2) is 36.5 Å². The predicted octanol–water partition coefficient (Wildman–Crippen LogP) is 3.05. The van der Waals surface area contributed by atoms with Gasteiger partial charge < -0.3 is 4.42 Å². The number of thioether (sulfide) groups is 1. The van der Waals surface area contributed by atoms with Gasteiger partial charge in [0.15, 0.2) is 5.58 Å². The molecule has 0 aliphatic carbocycles. The summed E-state index contributed by atoms with van der Waals surface area (Å²) in [6, 6.07) is 8.60. The van der Waals surface area contributed by atoms with E-state index >= 15 is 0 Å². The number of fused-ring (bicyclic) bond motifs is 1. The molecule has 1 atom stereocenters. The topological polar surface area (TPSA) is 83.4 Å². The predicted molar refractivity (Wildman–Crippen MR) is 99.7 cm³/mol. The summed E-state index contributed by atoms with van der Waals surface area (Å²) >= 11 is 3.52. The van der Waals surface area contributed by atoms with Crippen molar-refractivity contribution in [3.8, 4) is 0 Å². The largest absolute Gasteiger partial charge is 0.417 e. The van der Waals surface area contributed by atoms with Crippen LogP contribution in [0.3, 0.4) is 0 Å². The summed E-state index contributed by atoms with van der Waals surface area (Å²) in [6.45, 7) is 0.965. The first-order valence-corrected chi connectivity index (χ1v) is 11.2. The first kappa shape index (κ1) is 16.9. The number of nitrogens with one attached hydrogen (secondary N) is 1. The smallest absolute Gasteiger partial charge is 0.408 e. The Hall–Kier alpha value is -1.55. The van der Waals surface area contributed by atoms with E-state index < -0.39 is 15.8 Å². The fraction of sp³-hybridized carbons (Fsp3) is 0.312. The number of thiophene rings is 1. The summed E-state index contributed by atoms with van der Waals surface area (Å²) in [6.07, 6.45) is 0.787. The summed E-state index contributed by atoms with van der Waals surface area (Å²) in [5, 5.41) is 2.39. The Bertz CT molecular complexity index is 1040. The monoisotopic (exact) mass is 396 g/mol. The summed E-state index contributed by atoms with van der Waals surface area (Å²) in [7, 11) is -3.60. The van der Waals surface area contributed by atoms with Crippen LogP contribution < -0.4 is 5.76 Å². The Morgan fingerprint density at radius 1 is 1.24 bits per heavy atom. The van der Waals surface area contributed by atoms with Crippen molar-refractivity contribution in [2.24, 2.45) is 0 Å². The zero-order chi connectivity index (χ0) is 17.4. The second kappa shape index (κ2) is 6.64. The highest BCUT2D eigenvalue weighted by Gasteiger charge is 2.29. The van der Waals surface area contributed by atoms with E-state index in [1.807, 2.05) is 6.07 Å². The number of rotatable bonds is 3. The number of aromatic nitrogens is 1. The number of aromatic amines is 1. The van der Waals surface area contributed by atoms with Gasteiger partial charge in [-0.3, -0.25) is 4.98 Å². The van der Waals surface area contributed by atoms with Gasteiger partial charge in [-0.15, -0.1) is 11.3 Å². The summed E-state index contributed by atoms with van der Waals surface area (Å²) in [5.41, 5.74) is 0.750. The quantitative estimate of drug-likeness (QED) is 0.736. The summed E-state index contributed by atoms with van der Waals surface area (Å²) in [5.74, 6) is 0.168. The zero-order valence-electron chi connectivity index (χ0n) is 13.2. The number of sulfonamides is 1. The van der Waals surface area contributed by atoms with E-state index in [1.54, 1.807) is 23.1 Å². The number of oxazole rings is 1. The maximum Gasteiger partial charge on any atom is 0.417 e. The Kier molecular flexibility index (Phi) is 4.48. The minimum Gasteiger partial charge on any atom is -0.408 e. The fourth-order valence-electron chi connectivity index (χ4n) is 2.93. The van der Waals surface area contributed by atoms with Crippen molar-refractivity contribution in [3.63, 3.8) is 0 Å². The standard InChI is InChI=1S/C16H16N2O4S3/c19-16-17-12-10-11(3-4-13(12)22-16)25(20,21)18-6-5-15(24-9-7-18)14-2-1-8-23-14/h1-4,8,10,15H,5-7,9H2,(H,17,19). The minimum absolute atomic E-state index is 0.177. The van der Waals surface area contributed by atoms with Crippen LogP contribution in [0, 0.1) is 0 Å². The van der Waals surface area contributed by atoms with Gasteiger partial charge in [-0.05, 0) is 36.1 Å². The van der Waals surface area contributed by atoms with Crippen LogP contribution in [-0.2, 0) is 10.0 Å². The molecule has 0 radical (unpaired) electrons. The van der Waals surface area contributed by atoms with Crippen LogP contribution in [0.2, 0.25) is 0 Å². The molecule has 9 heteroatoms. The average Bonchev–Trinajstić information content (AvgIpc) is 3.17. The Morgan fingerprint density at radius 2 is 2.12 bits per heavy atom. The van der Waals surface area contributed by atoms with E-state index in [2.05, 4.69) is 16.4 Å². The Morgan fingerprint density at radius 3 is 2.92 bits per heavy atom. The van der Waals surface area contributed by atoms with Crippen molar-refractivity contribution in [1.82, 2.24) is 9.29 Å². The van der Waals surface area contributed by atoms with Crippen LogP contribution in [0.25, 0.3) is 11.1 Å². The van der Waals surface area contributed by atoms with E-state index in [-0.39, 0.29) is 4.90 Å². The molecule has 1 aromatic carbocycles. The normalized spacial score (nSPS) is 19.9. The lowest BCUT2D eigenvalue weighted by atomic mass is 10.2. The molecule has 6 nitrogen and oxygen atoms in total. The average molecular weight is 397 g/mol. The van der Waals surface area contributed by atoms with Gasteiger partial charge in [0, 0.05) is 29.0 Å². The van der Waals surface area contributed by atoms with Crippen LogP contribution in [0.15, 0.2) is 49.8 Å². The number of benzene rings is 1. The lowest BCUT2D eigenvalue weighted by Crippen LogP contribution is -2.33. The van der Waals surface area contributed by atoms with Crippen molar-refractivity contribution in [3.05, 3.63) is 51.1 Å². The first-order valence-electron chi connectivity index (χ1n) is 7.82. The molecular weight excluding hydrogens is 380 g/mol. The lowest BCUT2D eigenvalue weighted by molar-refractivity contribution is 0.428. The number of hydrogen-bond donors (Lipinski definition) is 1. The molecule has 2 aromatic heterocycles. The maximum atomic E-state index is 13.0. The molecule has 3 heterocycles. The van der Waals surface area contributed by atoms with Crippen molar-refractivity contribution in [1.29, 1.82) is 0 Å². The molecule has 25 heavy (non-hydrogen) atoms. The van der Waals surface area contributed by atoms with E-state index in [9.17, 15) is 13.2 Å². The number of nitrogens with zero attached hydrogens (tertiary/aromatic N) is 1. The molecule has 1 N–H and O–H groups in total. The van der Waals surface area contributed by atoms with Crippen molar-refractivity contribution in [2.45, 2.75) is 16.6 Å². The molecule has 1 unspecified atom stereocenters. The van der Waals surface area contributed by atoms with E-state index in [4.69, 9.17) is 4.42 Å². The molecule has 1 saturated heterocycles. The molecule has 1 fully saturated rings. The van der Waals surface area contributed by atoms with Crippen molar-refractivity contribution >= 4 is 44.2 Å². The van der Waals surface area contributed by atoms with Gasteiger partial charge >= 0.3 is 5.76 Å². The van der Waals surface area contributed by atoms with Crippen LogP contribution in [0.5, 0.6) is 0 Å². The molecule has 1 aliphatic heterocycles. The SMILES string of the molecule is O=c1[nH]c2cc(S(=O)(=O)N3CCSC(c4cccs4)CC3)ccc2o1. The molecule has 0 spiro atoms. The second-order valence-corrected chi connectivity index (χ2v) is 9.97. The zero-order valence-corrected chi connectivity index (χ0v) is 15.6. The summed E-state index contributed by atoms with van der Waals surface area (Å²) in [4.78, 5) is 15.2. The third-order valence-electron chi connectivity index (χ3n) is 4.19. The summed E-state index contributed by atoms with van der Waals surface area (Å²) < 4.78 is 32.4. The number of hydrogen-bond acceptors (Lipinski definition) is 6. The highest BCUT2D eigenvalue weighted by Crippen LogP contribution is 2.37.